The number of carbonyl (C=O) groups excluding carboxylic acids is 1. The molecule has 8 heteroatoms. The summed E-state index contributed by atoms with van der Waals surface area (Å²) < 4.78 is 7.96. The van der Waals surface area contributed by atoms with Gasteiger partial charge in [0, 0.05) is 24.8 Å². The molecule has 8 nitrogen and oxygen atoms in total. The van der Waals surface area contributed by atoms with Crippen LogP contribution in [-0.4, -0.2) is 34.0 Å². The molecule has 0 bridgehead atoms. The minimum absolute atomic E-state index is 0.244. The summed E-state index contributed by atoms with van der Waals surface area (Å²) in [6.07, 6.45) is 0. The van der Waals surface area contributed by atoms with Crippen molar-refractivity contribution in [3.63, 3.8) is 0 Å². The highest BCUT2D eigenvalue weighted by molar-refractivity contribution is 5.89. The molecule has 0 aliphatic rings. The molecule has 0 spiro atoms. The number of hydrogen-bond donors (Lipinski definition) is 2. The molecule has 0 unspecified atom stereocenters. The second-order valence-electron chi connectivity index (χ2n) is 5.86. The Balaban J connectivity index is 1.62. The molecular formula is C19H21N5O3. The van der Waals surface area contributed by atoms with Gasteiger partial charge in [-0.1, -0.05) is 18.2 Å². The van der Waals surface area contributed by atoms with Crippen LogP contribution in [0.15, 0.2) is 59.4 Å². The van der Waals surface area contributed by atoms with Gasteiger partial charge in [-0.15, -0.1) is 5.10 Å². The lowest BCUT2D eigenvalue weighted by molar-refractivity contribution is 0.251. The third-order valence-corrected chi connectivity index (χ3v) is 4.03. The van der Waals surface area contributed by atoms with Gasteiger partial charge in [-0.2, -0.15) is 0 Å². The Hall–Kier alpha value is -3.55. The fraction of sp³-hybridized carbons (Fsp3) is 0.211. The highest BCUT2D eigenvalue weighted by atomic mass is 16.5. The number of urea groups is 1. The number of benzene rings is 2. The van der Waals surface area contributed by atoms with E-state index in [-0.39, 0.29) is 24.8 Å². The van der Waals surface area contributed by atoms with E-state index in [4.69, 9.17) is 4.74 Å². The number of hydrogen-bond acceptors (Lipinski definition) is 4. The van der Waals surface area contributed by atoms with Gasteiger partial charge >= 0.3 is 11.7 Å². The molecule has 1 aromatic heterocycles. The molecule has 2 aromatic carbocycles. The summed E-state index contributed by atoms with van der Waals surface area (Å²) in [6, 6.07) is 16.1. The molecule has 140 valence electrons. The van der Waals surface area contributed by atoms with Crippen LogP contribution in [0.2, 0.25) is 0 Å². The number of rotatable bonds is 6. The maximum Gasteiger partial charge on any atom is 0.345 e. The number of nitrogens with zero attached hydrogens (tertiary/aromatic N) is 3. The lowest BCUT2D eigenvalue weighted by Crippen LogP contribution is -2.34. The molecule has 0 atom stereocenters. The monoisotopic (exact) mass is 367 g/mol. The average Bonchev–Trinajstić information content (AvgIpc) is 2.97. The van der Waals surface area contributed by atoms with Crippen molar-refractivity contribution in [2.24, 2.45) is 7.05 Å². The molecule has 0 fully saturated rings. The number of para-hydroxylation sites is 1. The quantitative estimate of drug-likeness (QED) is 0.698. The van der Waals surface area contributed by atoms with Crippen molar-refractivity contribution in [2.75, 3.05) is 19.0 Å². The minimum atomic E-state index is -0.333. The summed E-state index contributed by atoms with van der Waals surface area (Å²) in [5, 5.41) is 9.81. The summed E-state index contributed by atoms with van der Waals surface area (Å²) in [5.74, 6) is 1.29. The smallest absolute Gasteiger partial charge is 0.345 e. The van der Waals surface area contributed by atoms with Gasteiger partial charge in [0.2, 0.25) is 0 Å². The second kappa shape index (κ2) is 8.22. The van der Waals surface area contributed by atoms with Crippen molar-refractivity contribution < 1.29 is 9.53 Å². The highest BCUT2D eigenvalue weighted by Gasteiger charge is 2.12. The predicted octanol–water partition coefficient (Wildman–Crippen LogP) is 2.08. The first-order valence-electron chi connectivity index (χ1n) is 8.46. The normalized spacial score (nSPS) is 10.4. The van der Waals surface area contributed by atoms with Gasteiger partial charge in [-0.25, -0.2) is 14.3 Å². The van der Waals surface area contributed by atoms with Crippen LogP contribution in [0.25, 0.3) is 11.4 Å². The van der Waals surface area contributed by atoms with Crippen molar-refractivity contribution >= 4 is 11.7 Å². The SMILES string of the molecule is COc1ccc(-c2nn(CCNC(=O)Nc3ccccc3)c(=O)n2C)cc1. The Labute approximate surface area is 156 Å². The van der Waals surface area contributed by atoms with E-state index in [1.165, 1.54) is 9.25 Å². The molecule has 0 saturated heterocycles. The number of nitrogens with one attached hydrogen (secondary N) is 2. The highest BCUT2D eigenvalue weighted by Crippen LogP contribution is 2.19. The molecule has 3 rings (SSSR count). The third kappa shape index (κ3) is 4.35. The van der Waals surface area contributed by atoms with Gasteiger partial charge in [0.1, 0.15) is 5.75 Å². The Morgan fingerprint density at radius 1 is 1.11 bits per heavy atom. The number of amides is 2. The molecule has 0 radical (unpaired) electrons. The molecule has 2 N–H and O–H groups in total. The van der Waals surface area contributed by atoms with Crippen molar-refractivity contribution in [1.29, 1.82) is 0 Å². The van der Waals surface area contributed by atoms with Gasteiger partial charge in [-0.3, -0.25) is 4.57 Å². The molecule has 1 heterocycles. The molecular weight excluding hydrogens is 346 g/mol. The fourth-order valence-electron chi connectivity index (χ4n) is 2.60. The number of aromatic nitrogens is 3. The van der Waals surface area contributed by atoms with Crippen molar-refractivity contribution in [1.82, 2.24) is 19.7 Å². The first-order valence-corrected chi connectivity index (χ1v) is 8.46. The van der Waals surface area contributed by atoms with Crippen LogP contribution in [-0.2, 0) is 13.6 Å². The topological polar surface area (TPSA) is 90.2 Å². The molecule has 0 saturated carbocycles. The largest absolute Gasteiger partial charge is 0.497 e. The van der Waals surface area contributed by atoms with E-state index in [1.54, 1.807) is 26.3 Å². The fourth-order valence-corrected chi connectivity index (χ4v) is 2.60. The van der Waals surface area contributed by atoms with E-state index in [1.807, 2.05) is 42.5 Å². The molecule has 27 heavy (non-hydrogen) atoms. The van der Waals surface area contributed by atoms with Gasteiger partial charge < -0.3 is 15.4 Å². The Kier molecular flexibility index (Phi) is 5.55. The minimum Gasteiger partial charge on any atom is -0.497 e. The van der Waals surface area contributed by atoms with Gasteiger partial charge in [0.15, 0.2) is 5.82 Å². The van der Waals surface area contributed by atoms with Crippen LogP contribution in [0.4, 0.5) is 10.5 Å². The van der Waals surface area contributed by atoms with Crippen molar-refractivity contribution in [2.45, 2.75) is 6.54 Å². The van der Waals surface area contributed by atoms with Crippen LogP contribution in [0.1, 0.15) is 0 Å². The van der Waals surface area contributed by atoms with Gasteiger partial charge in [-0.05, 0) is 36.4 Å². The zero-order valence-corrected chi connectivity index (χ0v) is 15.2. The number of anilines is 1. The summed E-state index contributed by atoms with van der Waals surface area (Å²) in [4.78, 5) is 24.3. The summed E-state index contributed by atoms with van der Waals surface area (Å²) in [5.41, 5.74) is 1.27. The summed E-state index contributed by atoms with van der Waals surface area (Å²) >= 11 is 0. The van der Waals surface area contributed by atoms with Gasteiger partial charge in [0.25, 0.3) is 0 Å². The van der Waals surface area contributed by atoms with Crippen LogP contribution < -0.4 is 21.1 Å². The molecule has 3 aromatic rings. The van der Waals surface area contributed by atoms with Crippen LogP contribution in [0, 0.1) is 0 Å². The third-order valence-electron chi connectivity index (χ3n) is 4.03. The van der Waals surface area contributed by atoms with E-state index >= 15 is 0 Å². The first kappa shape index (κ1) is 18.2. The second-order valence-corrected chi connectivity index (χ2v) is 5.86. The van der Waals surface area contributed by atoms with E-state index in [0.717, 1.165) is 11.3 Å². The average molecular weight is 367 g/mol. The Morgan fingerprint density at radius 2 is 1.81 bits per heavy atom. The lowest BCUT2D eigenvalue weighted by atomic mass is 10.2. The van der Waals surface area contributed by atoms with Crippen LogP contribution >= 0.6 is 0 Å². The maximum absolute atomic E-state index is 12.4. The van der Waals surface area contributed by atoms with Gasteiger partial charge in [0.05, 0.1) is 13.7 Å². The number of methoxy groups -OCH3 is 1. The zero-order chi connectivity index (χ0) is 19.2. The van der Waals surface area contributed by atoms with E-state index < -0.39 is 0 Å². The van der Waals surface area contributed by atoms with Crippen molar-refractivity contribution in [3.05, 3.63) is 65.1 Å². The number of carbonyl (C=O) groups is 1. The standard InChI is InChI=1S/C19H21N5O3/c1-23-17(14-8-10-16(27-2)11-9-14)22-24(19(23)26)13-12-20-18(25)21-15-6-4-3-5-7-15/h3-11H,12-13H2,1-2H3,(H2,20,21,25). The summed E-state index contributed by atoms with van der Waals surface area (Å²) in [6.45, 7) is 0.544. The molecule has 0 aliphatic carbocycles. The van der Waals surface area contributed by atoms with Crippen LogP contribution in [0.3, 0.4) is 0 Å². The zero-order valence-electron chi connectivity index (χ0n) is 15.2. The Morgan fingerprint density at radius 3 is 2.48 bits per heavy atom. The van der Waals surface area contributed by atoms with Crippen molar-refractivity contribution in [3.8, 4) is 17.1 Å². The van der Waals surface area contributed by atoms with E-state index in [0.29, 0.717) is 11.5 Å². The van der Waals surface area contributed by atoms with E-state index in [9.17, 15) is 9.59 Å². The van der Waals surface area contributed by atoms with E-state index in [2.05, 4.69) is 15.7 Å². The van der Waals surface area contributed by atoms with Crippen LogP contribution in [0.5, 0.6) is 5.75 Å². The Bertz CT molecular complexity index is 961. The first-order chi connectivity index (χ1) is 13.1. The molecule has 2 amide bonds. The predicted molar refractivity (Wildman–Crippen MR) is 103 cm³/mol. The summed E-state index contributed by atoms with van der Waals surface area (Å²) in [7, 11) is 3.27. The lowest BCUT2D eigenvalue weighted by Gasteiger charge is -2.07. The maximum atomic E-state index is 12.4. The number of ether oxygens (including phenoxy) is 1. The molecule has 0 aliphatic heterocycles.